The summed E-state index contributed by atoms with van der Waals surface area (Å²) in [5.74, 6) is 0.741. The topological polar surface area (TPSA) is 72.4 Å². The maximum atomic E-state index is 14.1. The second-order valence-electron chi connectivity index (χ2n) is 8.13. The molecule has 0 fully saturated rings. The van der Waals surface area contributed by atoms with Crippen LogP contribution in [-0.4, -0.2) is 57.9 Å². The molecule has 1 aromatic rings. The molecule has 1 heterocycles. The number of carbonyl (C=O) groups excluding carboxylic acids is 1. The van der Waals surface area contributed by atoms with E-state index in [1.165, 1.54) is 0 Å². The van der Waals surface area contributed by atoms with Gasteiger partial charge >= 0.3 is 0 Å². The fourth-order valence-corrected chi connectivity index (χ4v) is 3.58. The number of ether oxygens (including phenoxy) is 3. The predicted molar refractivity (Wildman–Crippen MR) is 138 cm³/mol. The molecule has 1 aliphatic rings. The summed E-state index contributed by atoms with van der Waals surface area (Å²) in [5, 5.41) is 3.35. The second-order valence-corrected chi connectivity index (χ2v) is 8.13. The Morgan fingerprint density at radius 1 is 1.18 bits per heavy atom. The molecule has 1 N–H and O–H groups in total. The van der Waals surface area contributed by atoms with E-state index in [0.29, 0.717) is 36.7 Å². The van der Waals surface area contributed by atoms with E-state index < -0.39 is 6.29 Å². The highest BCUT2D eigenvalue weighted by Crippen LogP contribution is 2.27. The molecule has 0 saturated carbocycles. The number of nitrogens with one attached hydrogen (secondary N) is 1. The van der Waals surface area contributed by atoms with Crippen LogP contribution in [0.2, 0.25) is 0 Å². The van der Waals surface area contributed by atoms with Crippen LogP contribution >= 0.6 is 0 Å². The zero-order valence-corrected chi connectivity index (χ0v) is 21.3. The minimum Gasteiger partial charge on any atom is -0.494 e. The van der Waals surface area contributed by atoms with E-state index in [1.807, 2.05) is 56.3 Å². The van der Waals surface area contributed by atoms with Crippen molar-refractivity contribution in [3.8, 4) is 5.75 Å². The fraction of sp³-hybridized carbons (Fsp3) is 0.481. The van der Waals surface area contributed by atoms with Gasteiger partial charge in [0.1, 0.15) is 5.75 Å². The average Bonchev–Trinajstić information content (AvgIpc) is 3.11. The van der Waals surface area contributed by atoms with E-state index in [4.69, 9.17) is 19.2 Å². The van der Waals surface area contributed by atoms with Crippen LogP contribution in [0.5, 0.6) is 5.75 Å². The van der Waals surface area contributed by atoms with Crippen LogP contribution in [0.25, 0.3) is 0 Å². The van der Waals surface area contributed by atoms with E-state index in [-0.39, 0.29) is 17.9 Å². The third kappa shape index (κ3) is 7.13. The van der Waals surface area contributed by atoms with Crippen molar-refractivity contribution in [1.29, 1.82) is 0 Å². The van der Waals surface area contributed by atoms with E-state index in [2.05, 4.69) is 25.7 Å². The molecule has 0 saturated heterocycles. The summed E-state index contributed by atoms with van der Waals surface area (Å²) in [6.45, 7) is 14.0. The Morgan fingerprint density at radius 2 is 1.85 bits per heavy atom. The van der Waals surface area contributed by atoms with Gasteiger partial charge in [0.25, 0.3) is 5.91 Å². The minimum absolute atomic E-state index is 0.158. The molecule has 7 nitrogen and oxygen atoms in total. The number of benzene rings is 1. The lowest BCUT2D eigenvalue weighted by Crippen LogP contribution is -2.44. The zero-order chi connectivity index (χ0) is 25.1. The van der Waals surface area contributed by atoms with Crippen LogP contribution in [0.15, 0.2) is 65.3 Å². The molecule has 2 rings (SSSR count). The van der Waals surface area contributed by atoms with Crippen molar-refractivity contribution in [2.24, 2.45) is 10.9 Å². The smallest absolute Gasteiger partial charge is 0.264 e. The molecule has 186 valence electrons. The molecular weight excluding hydrogens is 430 g/mol. The van der Waals surface area contributed by atoms with Crippen molar-refractivity contribution in [3.63, 3.8) is 0 Å². The quantitative estimate of drug-likeness (QED) is 0.430. The van der Waals surface area contributed by atoms with Gasteiger partial charge in [-0.25, -0.2) is 0 Å². The Labute approximate surface area is 204 Å². The predicted octanol–water partition coefficient (Wildman–Crippen LogP) is 4.51. The number of allylic oxidation sites excluding steroid dienone is 2. The van der Waals surface area contributed by atoms with E-state index in [0.717, 1.165) is 17.9 Å². The molecule has 1 aliphatic heterocycles. The van der Waals surface area contributed by atoms with Crippen molar-refractivity contribution in [1.82, 2.24) is 5.32 Å². The monoisotopic (exact) mass is 469 g/mol. The van der Waals surface area contributed by atoms with Crippen LogP contribution in [0.3, 0.4) is 0 Å². The van der Waals surface area contributed by atoms with Gasteiger partial charge in [0.15, 0.2) is 6.29 Å². The van der Waals surface area contributed by atoms with E-state index in [1.54, 1.807) is 19.1 Å². The number of hydrogen-bond acceptors (Lipinski definition) is 6. The van der Waals surface area contributed by atoms with Gasteiger partial charge in [-0.05, 0) is 56.5 Å². The van der Waals surface area contributed by atoms with Gasteiger partial charge in [-0.3, -0.25) is 14.7 Å². The number of carbonyl (C=O) groups is 1. The first-order valence-electron chi connectivity index (χ1n) is 11.8. The lowest BCUT2D eigenvalue weighted by atomic mass is 9.94. The largest absolute Gasteiger partial charge is 0.494 e. The van der Waals surface area contributed by atoms with Crippen molar-refractivity contribution in [2.75, 3.05) is 38.8 Å². The number of aliphatic imine (C=N–C) groups is 1. The molecule has 2 atom stereocenters. The number of rotatable bonds is 13. The summed E-state index contributed by atoms with van der Waals surface area (Å²) in [5.41, 5.74) is 2.72. The number of hydrogen-bond donors (Lipinski definition) is 1. The summed E-state index contributed by atoms with van der Waals surface area (Å²) in [6.07, 6.45) is 6.21. The van der Waals surface area contributed by atoms with Gasteiger partial charge in [0.05, 0.1) is 24.4 Å². The van der Waals surface area contributed by atoms with Crippen LogP contribution < -0.4 is 15.0 Å². The maximum absolute atomic E-state index is 14.1. The Hall–Kier alpha value is -2.74. The SMILES string of the molecule is C=C(C(C)NCC(OC)OC)N(C(=O)C1=CC=CCN=C1C(C)CC)c1ccc(OCC)cc1. The lowest BCUT2D eigenvalue weighted by molar-refractivity contribution is -0.114. The first-order valence-corrected chi connectivity index (χ1v) is 11.8. The van der Waals surface area contributed by atoms with Gasteiger partial charge in [-0.2, -0.15) is 0 Å². The highest BCUT2D eigenvalue weighted by molar-refractivity contribution is 6.27. The fourth-order valence-electron chi connectivity index (χ4n) is 3.58. The lowest BCUT2D eigenvalue weighted by Gasteiger charge is -2.31. The summed E-state index contributed by atoms with van der Waals surface area (Å²) in [7, 11) is 3.18. The first-order chi connectivity index (χ1) is 16.4. The summed E-state index contributed by atoms with van der Waals surface area (Å²) < 4.78 is 16.1. The van der Waals surface area contributed by atoms with Crippen molar-refractivity contribution < 1.29 is 19.0 Å². The van der Waals surface area contributed by atoms with Crippen molar-refractivity contribution in [3.05, 3.63) is 60.3 Å². The third-order valence-corrected chi connectivity index (χ3v) is 5.86. The molecule has 34 heavy (non-hydrogen) atoms. The number of amides is 1. The summed E-state index contributed by atoms with van der Waals surface area (Å²) in [4.78, 5) is 20.4. The summed E-state index contributed by atoms with van der Waals surface area (Å²) in [6, 6.07) is 7.25. The van der Waals surface area contributed by atoms with Crippen LogP contribution in [0.1, 0.15) is 34.1 Å². The average molecular weight is 470 g/mol. The molecule has 0 aromatic heterocycles. The van der Waals surface area contributed by atoms with Crippen molar-refractivity contribution >= 4 is 17.3 Å². The highest BCUT2D eigenvalue weighted by Gasteiger charge is 2.29. The van der Waals surface area contributed by atoms with Gasteiger partial charge in [0, 0.05) is 38.2 Å². The van der Waals surface area contributed by atoms with E-state index in [9.17, 15) is 4.79 Å². The standard InChI is InChI=1S/C27H39N3O4/c1-8-19(3)26-24(12-10-11-17-28-26)27(31)30(22-13-15-23(16-14-22)34-9-2)21(5)20(4)29-18-25(32-6)33-7/h10-16,19-20,25,29H,5,8-9,17-18H2,1-4,6-7H3. The summed E-state index contributed by atoms with van der Waals surface area (Å²) >= 11 is 0. The van der Waals surface area contributed by atoms with Gasteiger partial charge in [-0.15, -0.1) is 0 Å². The van der Waals surface area contributed by atoms with Gasteiger partial charge in [0.2, 0.25) is 0 Å². The van der Waals surface area contributed by atoms with Crippen LogP contribution in [0.4, 0.5) is 5.69 Å². The molecule has 2 unspecified atom stereocenters. The molecule has 7 heteroatoms. The third-order valence-electron chi connectivity index (χ3n) is 5.86. The molecule has 0 spiro atoms. The molecule has 0 radical (unpaired) electrons. The van der Waals surface area contributed by atoms with E-state index >= 15 is 0 Å². The number of anilines is 1. The molecule has 1 aromatic carbocycles. The second kappa shape index (κ2) is 13.8. The van der Waals surface area contributed by atoms with Crippen LogP contribution in [-0.2, 0) is 14.3 Å². The highest BCUT2D eigenvalue weighted by atomic mass is 16.7. The normalized spacial score (nSPS) is 15.3. The molecule has 0 bridgehead atoms. The van der Waals surface area contributed by atoms with Gasteiger partial charge in [-0.1, -0.05) is 32.6 Å². The number of nitrogens with zero attached hydrogens (tertiary/aromatic N) is 2. The van der Waals surface area contributed by atoms with Crippen molar-refractivity contribution in [2.45, 2.75) is 46.4 Å². The molecule has 1 amide bonds. The molecule has 0 aliphatic carbocycles. The Bertz CT molecular complexity index is 901. The van der Waals surface area contributed by atoms with Crippen LogP contribution in [0, 0.1) is 5.92 Å². The Balaban J connectivity index is 2.43. The number of methoxy groups -OCH3 is 2. The molecular formula is C27H39N3O4. The Kier molecular flexibility index (Phi) is 11.2. The first kappa shape index (κ1) is 27.5. The Morgan fingerprint density at radius 3 is 2.44 bits per heavy atom. The minimum atomic E-state index is -0.399. The maximum Gasteiger partial charge on any atom is 0.264 e. The van der Waals surface area contributed by atoms with Gasteiger partial charge < -0.3 is 19.5 Å². The zero-order valence-electron chi connectivity index (χ0n) is 21.3.